The summed E-state index contributed by atoms with van der Waals surface area (Å²) in [7, 11) is 0. The van der Waals surface area contributed by atoms with Crippen LogP contribution in [0.5, 0.6) is 0 Å². The van der Waals surface area contributed by atoms with Gasteiger partial charge in [0.2, 0.25) is 0 Å². The lowest BCUT2D eigenvalue weighted by molar-refractivity contribution is 0.102. The molecular formula is C12H7Br3N2O. The van der Waals surface area contributed by atoms with Crippen molar-refractivity contribution in [1.29, 1.82) is 0 Å². The van der Waals surface area contributed by atoms with E-state index in [1.54, 1.807) is 12.1 Å². The minimum atomic E-state index is -0.200. The fourth-order valence-corrected chi connectivity index (χ4v) is 2.24. The Labute approximate surface area is 129 Å². The Morgan fingerprint density at radius 1 is 1.11 bits per heavy atom. The maximum atomic E-state index is 12.0. The molecule has 3 nitrogen and oxygen atoms in total. The smallest absolute Gasteiger partial charge is 0.257 e. The summed E-state index contributed by atoms with van der Waals surface area (Å²) in [4.78, 5) is 16.0. The summed E-state index contributed by atoms with van der Waals surface area (Å²) in [5, 5.41) is 2.82. The topological polar surface area (TPSA) is 42.0 Å². The Hall–Kier alpha value is -0.720. The molecule has 2 aromatic rings. The molecule has 0 radical (unpaired) electrons. The van der Waals surface area contributed by atoms with Crippen molar-refractivity contribution in [3.8, 4) is 0 Å². The molecule has 6 heteroatoms. The second-order valence-corrected chi connectivity index (χ2v) is 6.03. The van der Waals surface area contributed by atoms with Gasteiger partial charge in [-0.05, 0) is 62.2 Å². The van der Waals surface area contributed by atoms with Gasteiger partial charge in [-0.25, -0.2) is 4.98 Å². The number of amides is 1. The Morgan fingerprint density at radius 3 is 2.56 bits per heavy atom. The summed E-state index contributed by atoms with van der Waals surface area (Å²) in [6, 6.07) is 9.01. The fraction of sp³-hybridized carbons (Fsp3) is 0. The number of nitrogens with zero attached hydrogens (tertiary/aromatic N) is 1. The van der Waals surface area contributed by atoms with Crippen LogP contribution in [0.2, 0.25) is 0 Å². The Balaban J connectivity index is 2.21. The van der Waals surface area contributed by atoms with Crippen LogP contribution in [0.1, 0.15) is 10.4 Å². The third kappa shape index (κ3) is 3.40. The van der Waals surface area contributed by atoms with Crippen molar-refractivity contribution in [2.24, 2.45) is 0 Å². The van der Waals surface area contributed by atoms with Crippen molar-refractivity contribution in [2.75, 3.05) is 5.32 Å². The standard InChI is InChI=1S/C12H7Br3N2O/c13-8-2-3-9(14)10(5-8)17-12(18)7-1-4-11(15)16-6-7/h1-6H,(H,17,18). The zero-order valence-corrected chi connectivity index (χ0v) is 13.7. The van der Waals surface area contributed by atoms with Gasteiger partial charge in [-0.1, -0.05) is 15.9 Å². The molecule has 0 bridgehead atoms. The van der Waals surface area contributed by atoms with Crippen molar-refractivity contribution in [1.82, 2.24) is 4.98 Å². The molecular weight excluding hydrogens is 428 g/mol. The number of pyridine rings is 1. The number of hydrogen-bond donors (Lipinski definition) is 1. The predicted octanol–water partition coefficient (Wildman–Crippen LogP) is 4.62. The molecule has 0 saturated carbocycles. The molecule has 1 N–H and O–H groups in total. The maximum absolute atomic E-state index is 12.0. The maximum Gasteiger partial charge on any atom is 0.257 e. The van der Waals surface area contributed by atoms with Crippen molar-refractivity contribution in [2.45, 2.75) is 0 Å². The van der Waals surface area contributed by atoms with Crippen LogP contribution < -0.4 is 5.32 Å². The highest BCUT2D eigenvalue weighted by atomic mass is 79.9. The monoisotopic (exact) mass is 432 g/mol. The van der Waals surface area contributed by atoms with Gasteiger partial charge in [0.1, 0.15) is 4.60 Å². The minimum Gasteiger partial charge on any atom is -0.321 e. The summed E-state index contributed by atoms with van der Waals surface area (Å²) in [6.45, 7) is 0. The summed E-state index contributed by atoms with van der Waals surface area (Å²) in [6.07, 6.45) is 1.52. The zero-order valence-electron chi connectivity index (χ0n) is 8.95. The van der Waals surface area contributed by atoms with E-state index < -0.39 is 0 Å². The molecule has 1 heterocycles. The first-order chi connectivity index (χ1) is 8.56. The van der Waals surface area contributed by atoms with Crippen molar-refractivity contribution in [3.63, 3.8) is 0 Å². The number of halogens is 3. The Kier molecular flexibility index (Phi) is 4.53. The summed E-state index contributed by atoms with van der Waals surface area (Å²) < 4.78 is 2.42. The van der Waals surface area contributed by atoms with Crippen molar-refractivity contribution in [3.05, 3.63) is 55.6 Å². The van der Waals surface area contributed by atoms with Gasteiger partial charge in [-0.3, -0.25) is 4.79 Å². The van der Waals surface area contributed by atoms with E-state index in [9.17, 15) is 4.79 Å². The van der Waals surface area contributed by atoms with Gasteiger partial charge in [0.05, 0.1) is 11.3 Å². The van der Waals surface area contributed by atoms with E-state index in [1.807, 2.05) is 18.2 Å². The van der Waals surface area contributed by atoms with Crippen LogP contribution >= 0.6 is 47.8 Å². The molecule has 0 fully saturated rings. The number of benzene rings is 1. The minimum absolute atomic E-state index is 0.200. The summed E-state index contributed by atoms with van der Waals surface area (Å²) in [5.41, 5.74) is 1.21. The van der Waals surface area contributed by atoms with Gasteiger partial charge in [-0.15, -0.1) is 0 Å². The fourth-order valence-electron chi connectivity index (χ4n) is 1.30. The van der Waals surface area contributed by atoms with Crippen LogP contribution in [-0.2, 0) is 0 Å². The lowest BCUT2D eigenvalue weighted by Crippen LogP contribution is -2.12. The first-order valence-corrected chi connectivity index (χ1v) is 7.32. The van der Waals surface area contributed by atoms with Crippen molar-refractivity contribution < 1.29 is 4.79 Å². The SMILES string of the molecule is O=C(Nc1cc(Br)ccc1Br)c1ccc(Br)nc1. The van der Waals surface area contributed by atoms with E-state index in [-0.39, 0.29) is 5.91 Å². The molecule has 0 saturated heterocycles. The number of rotatable bonds is 2. The Morgan fingerprint density at radius 2 is 1.89 bits per heavy atom. The third-order valence-electron chi connectivity index (χ3n) is 2.17. The van der Waals surface area contributed by atoms with Gasteiger partial charge in [0, 0.05) is 15.1 Å². The van der Waals surface area contributed by atoms with E-state index >= 15 is 0 Å². The highest BCUT2D eigenvalue weighted by Gasteiger charge is 2.09. The molecule has 0 aliphatic rings. The number of nitrogens with one attached hydrogen (secondary N) is 1. The quantitative estimate of drug-likeness (QED) is 0.701. The van der Waals surface area contributed by atoms with Crippen LogP contribution in [0, 0.1) is 0 Å². The molecule has 92 valence electrons. The summed E-state index contributed by atoms with van der Waals surface area (Å²) >= 11 is 9.97. The predicted molar refractivity (Wildman–Crippen MR) is 81.7 cm³/mol. The van der Waals surface area contributed by atoms with Gasteiger partial charge < -0.3 is 5.32 Å². The van der Waals surface area contributed by atoms with Crippen molar-refractivity contribution >= 4 is 59.4 Å². The van der Waals surface area contributed by atoms with Gasteiger partial charge in [0.25, 0.3) is 5.91 Å². The van der Waals surface area contributed by atoms with E-state index in [0.717, 1.165) is 8.95 Å². The van der Waals surface area contributed by atoms with Gasteiger partial charge in [0.15, 0.2) is 0 Å². The second-order valence-electron chi connectivity index (χ2n) is 3.45. The normalized spacial score (nSPS) is 10.2. The Bertz CT molecular complexity index is 584. The lowest BCUT2D eigenvalue weighted by atomic mass is 10.2. The molecule has 1 aromatic heterocycles. The van der Waals surface area contributed by atoms with E-state index in [2.05, 4.69) is 58.1 Å². The molecule has 2 rings (SSSR count). The van der Waals surface area contributed by atoms with E-state index in [4.69, 9.17) is 0 Å². The molecule has 0 unspecified atom stereocenters. The molecule has 0 atom stereocenters. The van der Waals surface area contributed by atoms with Crippen LogP contribution in [-0.4, -0.2) is 10.9 Å². The van der Waals surface area contributed by atoms with Crippen LogP contribution in [0.25, 0.3) is 0 Å². The molecule has 0 aliphatic heterocycles. The summed E-state index contributed by atoms with van der Waals surface area (Å²) in [5.74, 6) is -0.200. The average Bonchev–Trinajstić information content (AvgIpc) is 2.34. The highest BCUT2D eigenvalue weighted by Crippen LogP contribution is 2.26. The van der Waals surface area contributed by atoms with E-state index in [1.165, 1.54) is 6.20 Å². The number of anilines is 1. The third-order valence-corrected chi connectivity index (χ3v) is 3.82. The number of carbonyl (C=O) groups excluding carboxylic acids is 1. The van der Waals surface area contributed by atoms with Crippen LogP contribution in [0.3, 0.4) is 0 Å². The van der Waals surface area contributed by atoms with Gasteiger partial charge >= 0.3 is 0 Å². The number of aromatic nitrogens is 1. The molecule has 1 amide bonds. The first kappa shape index (κ1) is 13.7. The number of hydrogen-bond acceptors (Lipinski definition) is 2. The van der Waals surface area contributed by atoms with Gasteiger partial charge in [-0.2, -0.15) is 0 Å². The molecule has 0 aliphatic carbocycles. The van der Waals surface area contributed by atoms with E-state index in [0.29, 0.717) is 15.9 Å². The molecule has 1 aromatic carbocycles. The molecule has 18 heavy (non-hydrogen) atoms. The largest absolute Gasteiger partial charge is 0.321 e. The highest BCUT2D eigenvalue weighted by molar-refractivity contribution is 9.11. The first-order valence-electron chi connectivity index (χ1n) is 4.94. The number of carbonyl (C=O) groups is 1. The van der Waals surface area contributed by atoms with Crippen LogP contribution in [0.15, 0.2) is 50.1 Å². The van der Waals surface area contributed by atoms with Crippen LogP contribution in [0.4, 0.5) is 5.69 Å². The second kappa shape index (κ2) is 5.95. The lowest BCUT2D eigenvalue weighted by Gasteiger charge is -2.07. The molecule has 0 spiro atoms. The zero-order chi connectivity index (χ0) is 13.1. The average molecular weight is 435 g/mol.